The first-order chi connectivity index (χ1) is 12.6. The molecule has 27 heavy (non-hydrogen) atoms. The van der Waals surface area contributed by atoms with Gasteiger partial charge in [0, 0.05) is 15.3 Å². The van der Waals surface area contributed by atoms with Gasteiger partial charge in [0.2, 0.25) is 0 Å². The number of hydrogen-bond donors (Lipinski definition) is 2. The SMILES string of the molecule is O=C(Nc1ccc([N+](=O)[O-])c(C(F)(F)F)c1)[C@@H](O)COc1ccc(I)cc1. The van der Waals surface area contributed by atoms with Crippen LogP contribution < -0.4 is 10.1 Å². The lowest BCUT2D eigenvalue weighted by Crippen LogP contribution is -2.33. The van der Waals surface area contributed by atoms with Gasteiger partial charge in [-0.15, -0.1) is 0 Å². The van der Waals surface area contributed by atoms with E-state index in [0.29, 0.717) is 17.9 Å². The van der Waals surface area contributed by atoms with E-state index in [1.807, 2.05) is 0 Å². The van der Waals surface area contributed by atoms with Crippen LogP contribution in [0.25, 0.3) is 0 Å². The summed E-state index contributed by atoms with van der Waals surface area (Å²) in [5, 5.41) is 22.6. The number of rotatable bonds is 6. The highest BCUT2D eigenvalue weighted by molar-refractivity contribution is 14.1. The largest absolute Gasteiger partial charge is 0.490 e. The number of nitrogens with zero attached hydrogens (tertiary/aromatic N) is 1. The molecule has 1 atom stereocenters. The summed E-state index contributed by atoms with van der Waals surface area (Å²) < 4.78 is 45.0. The van der Waals surface area contributed by atoms with Crippen molar-refractivity contribution in [1.82, 2.24) is 0 Å². The molecule has 0 saturated heterocycles. The summed E-state index contributed by atoms with van der Waals surface area (Å²) in [6.07, 6.45) is -6.64. The van der Waals surface area contributed by atoms with E-state index in [0.717, 1.165) is 9.64 Å². The highest BCUT2D eigenvalue weighted by Gasteiger charge is 2.38. The number of aliphatic hydroxyl groups excluding tert-OH is 1. The zero-order chi connectivity index (χ0) is 20.2. The Morgan fingerprint density at radius 3 is 2.44 bits per heavy atom. The van der Waals surface area contributed by atoms with Crippen molar-refractivity contribution in [3.8, 4) is 5.75 Å². The number of carbonyl (C=O) groups is 1. The van der Waals surface area contributed by atoms with Crippen molar-refractivity contribution in [2.24, 2.45) is 0 Å². The lowest BCUT2D eigenvalue weighted by Gasteiger charge is -2.14. The number of carbonyl (C=O) groups excluding carboxylic acids is 1. The number of nitro groups is 1. The summed E-state index contributed by atoms with van der Waals surface area (Å²) in [6, 6.07) is 8.75. The lowest BCUT2D eigenvalue weighted by molar-refractivity contribution is -0.388. The van der Waals surface area contributed by atoms with Crippen molar-refractivity contribution in [2.75, 3.05) is 11.9 Å². The first-order valence-electron chi connectivity index (χ1n) is 7.31. The Hall–Kier alpha value is -2.41. The molecule has 0 spiro atoms. The predicted octanol–water partition coefficient (Wildman–Crippen LogP) is 3.60. The molecule has 0 bridgehead atoms. The first-order valence-corrected chi connectivity index (χ1v) is 8.38. The highest BCUT2D eigenvalue weighted by Crippen LogP contribution is 2.37. The van der Waals surface area contributed by atoms with Crippen LogP contribution in [0.5, 0.6) is 5.75 Å². The van der Waals surface area contributed by atoms with Crippen molar-refractivity contribution >= 4 is 39.9 Å². The topological polar surface area (TPSA) is 102 Å². The molecular formula is C16H12F3IN2O5. The van der Waals surface area contributed by atoms with Gasteiger partial charge in [-0.25, -0.2) is 0 Å². The monoisotopic (exact) mass is 496 g/mol. The molecule has 11 heteroatoms. The molecule has 0 aliphatic carbocycles. The quantitative estimate of drug-likeness (QED) is 0.362. The molecule has 2 rings (SSSR count). The third kappa shape index (κ3) is 5.79. The van der Waals surface area contributed by atoms with E-state index in [1.54, 1.807) is 24.3 Å². The van der Waals surface area contributed by atoms with Gasteiger partial charge >= 0.3 is 6.18 Å². The summed E-state index contributed by atoms with van der Waals surface area (Å²) in [7, 11) is 0. The van der Waals surface area contributed by atoms with E-state index in [9.17, 15) is 33.2 Å². The number of aliphatic hydroxyl groups is 1. The predicted molar refractivity (Wildman–Crippen MR) is 97.4 cm³/mol. The second-order valence-electron chi connectivity index (χ2n) is 5.26. The molecule has 2 aromatic rings. The number of amides is 1. The molecular weight excluding hydrogens is 484 g/mol. The first kappa shape index (κ1) is 20.9. The normalized spacial score (nSPS) is 12.3. The van der Waals surface area contributed by atoms with Gasteiger partial charge in [0.1, 0.15) is 17.9 Å². The Morgan fingerprint density at radius 2 is 1.89 bits per heavy atom. The Morgan fingerprint density at radius 1 is 1.26 bits per heavy atom. The summed E-state index contributed by atoms with van der Waals surface area (Å²) in [5.74, 6) is -0.612. The summed E-state index contributed by atoms with van der Waals surface area (Å²) in [6.45, 7) is -0.425. The van der Waals surface area contributed by atoms with E-state index < -0.39 is 41.0 Å². The molecule has 2 aromatic carbocycles. The fourth-order valence-corrected chi connectivity index (χ4v) is 2.37. The van der Waals surface area contributed by atoms with Crippen LogP contribution in [0.15, 0.2) is 42.5 Å². The number of halogens is 4. The molecule has 0 aliphatic heterocycles. The Labute approximate surface area is 164 Å². The highest BCUT2D eigenvalue weighted by atomic mass is 127. The van der Waals surface area contributed by atoms with Gasteiger partial charge in [0.05, 0.1) is 4.92 Å². The zero-order valence-corrected chi connectivity index (χ0v) is 15.5. The van der Waals surface area contributed by atoms with Gasteiger partial charge < -0.3 is 15.2 Å². The van der Waals surface area contributed by atoms with Gasteiger partial charge in [-0.3, -0.25) is 14.9 Å². The van der Waals surface area contributed by atoms with Crippen molar-refractivity contribution in [1.29, 1.82) is 0 Å². The van der Waals surface area contributed by atoms with E-state index >= 15 is 0 Å². The average Bonchev–Trinajstić information content (AvgIpc) is 2.60. The van der Waals surface area contributed by atoms with Crippen LogP contribution in [0.1, 0.15) is 5.56 Å². The summed E-state index contributed by atoms with van der Waals surface area (Å²) in [5.41, 5.74) is -2.98. The molecule has 7 nitrogen and oxygen atoms in total. The van der Waals surface area contributed by atoms with Gasteiger partial charge in [-0.05, 0) is 59.0 Å². The zero-order valence-electron chi connectivity index (χ0n) is 13.4. The average molecular weight is 496 g/mol. The van der Waals surface area contributed by atoms with E-state index in [1.165, 1.54) is 0 Å². The van der Waals surface area contributed by atoms with Crippen LogP contribution in [-0.4, -0.2) is 28.6 Å². The van der Waals surface area contributed by atoms with Crippen molar-refractivity contribution < 1.29 is 32.7 Å². The maximum atomic E-state index is 12.9. The van der Waals surface area contributed by atoms with Crippen molar-refractivity contribution in [3.05, 3.63) is 61.7 Å². The van der Waals surface area contributed by atoms with Gasteiger partial charge in [-0.1, -0.05) is 0 Å². The van der Waals surface area contributed by atoms with Crippen LogP contribution in [0.3, 0.4) is 0 Å². The number of benzene rings is 2. The third-order valence-corrected chi connectivity index (χ3v) is 4.01. The molecule has 0 unspecified atom stereocenters. The number of alkyl halides is 3. The van der Waals surface area contributed by atoms with Crippen LogP contribution >= 0.6 is 22.6 Å². The second-order valence-corrected chi connectivity index (χ2v) is 6.50. The molecule has 1 amide bonds. The Kier molecular flexibility index (Phi) is 6.59. The van der Waals surface area contributed by atoms with Gasteiger partial charge in [0.25, 0.3) is 11.6 Å². The molecule has 0 heterocycles. The molecule has 0 aliphatic rings. The minimum absolute atomic E-state index is 0.341. The minimum Gasteiger partial charge on any atom is -0.490 e. The van der Waals surface area contributed by atoms with Gasteiger partial charge in [-0.2, -0.15) is 13.2 Å². The second kappa shape index (κ2) is 8.52. The molecule has 144 valence electrons. The van der Waals surface area contributed by atoms with Crippen molar-refractivity contribution in [3.63, 3.8) is 0 Å². The van der Waals surface area contributed by atoms with Crippen LogP contribution in [0.2, 0.25) is 0 Å². The number of ether oxygens (including phenoxy) is 1. The van der Waals surface area contributed by atoms with Crippen LogP contribution in [-0.2, 0) is 11.0 Å². The third-order valence-electron chi connectivity index (χ3n) is 3.29. The molecule has 0 radical (unpaired) electrons. The van der Waals surface area contributed by atoms with Crippen molar-refractivity contribution in [2.45, 2.75) is 12.3 Å². The molecule has 0 saturated carbocycles. The molecule has 2 N–H and O–H groups in total. The van der Waals surface area contributed by atoms with Gasteiger partial charge in [0.15, 0.2) is 6.10 Å². The van der Waals surface area contributed by atoms with E-state index in [-0.39, 0.29) is 5.69 Å². The van der Waals surface area contributed by atoms with E-state index in [4.69, 9.17) is 4.74 Å². The smallest absolute Gasteiger partial charge is 0.423 e. The minimum atomic E-state index is -4.98. The summed E-state index contributed by atoms with van der Waals surface area (Å²) in [4.78, 5) is 21.5. The number of hydrogen-bond acceptors (Lipinski definition) is 5. The number of anilines is 1. The maximum absolute atomic E-state index is 12.9. The van der Waals surface area contributed by atoms with Crippen LogP contribution in [0, 0.1) is 13.7 Å². The number of nitrogens with one attached hydrogen (secondary N) is 1. The lowest BCUT2D eigenvalue weighted by atomic mass is 10.1. The standard InChI is InChI=1S/C16H12F3IN2O5/c17-16(18,19)12-7-10(3-6-13(12)22(25)26)21-15(24)14(23)8-27-11-4-1-9(20)2-5-11/h1-7,14,23H,8H2,(H,21,24)/t14-/m0/s1. The molecule has 0 fully saturated rings. The number of nitro benzene ring substituents is 1. The fraction of sp³-hybridized carbons (Fsp3) is 0.188. The van der Waals surface area contributed by atoms with E-state index in [2.05, 4.69) is 27.9 Å². The van der Waals surface area contributed by atoms with Crippen LogP contribution in [0.4, 0.5) is 24.5 Å². The Bertz CT molecular complexity index is 843. The fourth-order valence-electron chi connectivity index (χ4n) is 2.01. The summed E-state index contributed by atoms with van der Waals surface area (Å²) >= 11 is 2.08. The Balaban J connectivity index is 2.05. The maximum Gasteiger partial charge on any atom is 0.423 e. The molecule has 0 aromatic heterocycles.